The summed E-state index contributed by atoms with van der Waals surface area (Å²) in [6.07, 6.45) is 6.03. The number of benzene rings is 1. The van der Waals surface area contributed by atoms with Gasteiger partial charge in [0.1, 0.15) is 5.41 Å². The zero-order valence-corrected chi connectivity index (χ0v) is 12.5. The van der Waals surface area contributed by atoms with E-state index in [1.54, 1.807) is 24.2 Å². The molecule has 2 N–H and O–H groups in total. The molecule has 1 heterocycles. The van der Waals surface area contributed by atoms with Gasteiger partial charge in [0.05, 0.1) is 0 Å². The van der Waals surface area contributed by atoms with Crippen molar-refractivity contribution in [3.8, 4) is 0 Å². The lowest BCUT2D eigenvalue weighted by Gasteiger charge is -2.31. The van der Waals surface area contributed by atoms with Gasteiger partial charge in [-0.1, -0.05) is 31.2 Å². The largest absolute Gasteiger partial charge is 0.369 e. The molecule has 1 atom stereocenters. The normalized spacial score (nSPS) is 13.7. The van der Waals surface area contributed by atoms with Gasteiger partial charge in [-0.2, -0.15) is 0 Å². The van der Waals surface area contributed by atoms with Crippen molar-refractivity contribution in [2.24, 2.45) is 5.73 Å². The van der Waals surface area contributed by atoms with E-state index in [-0.39, 0.29) is 5.91 Å². The van der Waals surface area contributed by atoms with Crippen LogP contribution >= 0.6 is 11.8 Å². The zero-order chi connectivity index (χ0) is 14.6. The number of carbonyl (C=O) groups excluding carboxylic acids is 1. The molecule has 0 aliphatic heterocycles. The molecule has 4 heteroatoms. The van der Waals surface area contributed by atoms with E-state index in [1.165, 1.54) is 0 Å². The van der Waals surface area contributed by atoms with Crippen LogP contribution < -0.4 is 5.73 Å². The Morgan fingerprint density at radius 3 is 2.60 bits per heavy atom. The first kappa shape index (κ1) is 14.6. The van der Waals surface area contributed by atoms with Gasteiger partial charge < -0.3 is 5.73 Å². The average Bonchev–Trinajstić information content (AvgIpc) is 2.50. The van der Waals surface area contributed by atoms with Gasteiger partial charge in [-0.05, 0) is 35.9 Å². The summed E-state index contributed by atoms with van der Waals surface area (Å²) in [5.74, 6) is -0.338. The third kappa shape index (κ3) is 2.31. The fourth-order valence-corrected chi connectivity index (χ4v) is 3.29. The highest BCUT2D eigenvalue weighted by atomic mass is 32.2. The van der Waals surface area contributed by atoms with Gasteiger partial charge in [0.25, 0.3) is 0 Å². The monoisotopic (exact) mass is 286 g/mol. The molecule has 0 saturated heterocycles. The van der Waals surface area contributed by atoms with Crippen molar-refractivity contribution in [2.45, 2.75) is 23.7 Å². The van der Waals surface area contributed by atoms with E-state index >= 15 is 0 Å². The van der Waals surface area contributed by atoms with Crippen LogP contribution in [0.3, 0.4) is 0 Å². The summed E-state index contributed by atoms with van der Waals surface area (Å²) in [5, 5.41) is 0. The first-order chi connectivity index (χ1) is 9.66. The van der Waals surface area contributed by atoms with Crippen molar-refractivity contribution in [3.63, 3.8) is 0 Å². The molecule has 0 spiro atoms. The molecule has 0 bridgehead atoms. The molecule has 0 saturated carbocycles. The van der Waals surface area contributed by atoms with Crippen LogP contribution in [0.2, 0.25) is 0 Å². The minimum absolute atomic E-state index is 0.338. The van der Waals surface area contributed by atoms with E-state index in [2.05, 4.69) is 4.98 Å². The van der Waals surface area contributed by atoms with Crippen molar-refractivity contribution in [1.82, 2.24) is 4.98 Å². The minimum atomic E-state index is -0.826. The average molecular weight is 286 g/mol. The predicted octanol–water partition coefficient (Wildman–Crippen LogP) is 2.98. The number of primary amides is 1. The van der Waals surface area contributed by atoms with E-state index in [1.807, 2.05) is 49.6 Å². The fourth-order valence-electron chi connectivity index (χ4n) is 2.61. The van der Waals surface area contributed by atoms with Crippen LogP contribution in [0.4, 0.5) is 0 Å². The van der Waals surface area contributed by atoms with Crippen molar-refractivity contribution in [2.75, 3.05) is 6.26 Å². The van der Waals surface area contributed by atoms with Gasteiger partial charge in [-0.15, -0.1) is 11.8 Å². The Hall–Kier alpha value is -1.81. The number of hydrogen-bond acceptors (Lipinski definition) is 3. The predicted molar refractivity (Wildman–Crippen MR) is 82.7 cm³/mol. The molecule has 1 aromatic heterocycles. The number of carbonyl (C=O) groups is 1. The van der Waals surface area contributed by atoms with Gasteiger partial charge >= 0.3 is 0 Å². The molecule has 1 unspecified atom stereocenters. The molecular formula is C16H18N2OS. The molecule has 0 aliphatic carbocycles. The highest BCUT2D eigenvalue weighted by Gasteiger charge is 2.40. The number of aromatic nitrogens is 1. The van der Waals surface area contributed by atoms with Gasteiger partial charge in [0.15, 0.2) is 0 Å². The van der Waals surface area contributed by atoms with E-state index in [0.717, 1.165) is 16.0 Å². The number of nitrogens with two attached hydrogens (primary N) is 1. The maximum absolute atomic E-state index is 12.3. The van der Waals surface area contributed by atoms with Crippen molar-refractivity contribution in [1.29, 1.82) is 0 Å². The Morgan fingerprint density at radius 2 is 2.05 bits per heavy atom. The molecule has 104 valence electrons. The van der Waals surface area contributed by atoms with Crippen LogP contribution in [-0.2, 0) is 10.2 Å². The summed E-state index contributed by atoms with van der Waals surface area (Å²) in [7, 11) is 0. The van der Waals surface area contributed by atoms with E-state index in [0.29, 0.717) is 6.42 Å². The van der Waals surface area contributed by atoms with Crippen molar-refractivity contribution < 1.29 is 4.79 Å². The smallest absolute Gasteiger partial charge is 0.232 e. The van der Waals surface area contributed by atoms with E-state index in [4.69, 9.17) is 5.73 Å². The Bertz CT molecular complexity index is 600. The van der Waals surface area contributed by atoms with Crippen molar-refractivity contribution in [3.05, 3.63) is 59.9 Å². The first-order valence-electron chi connectivity index (χ1n) is 6.50. The van der Waals surface area contributed by atoms with Crippen LogP contribution in [0.25, 0.3) is 0 Å². The second kappa shape index (κ2) is 6.09. The van der Waals surface area contributed by atoms with Crippen LogP contribution in [0.1, 0.15) is 24.5 Å². The van der Waals surface area contributed by atoms with E-state index < -0.39 is 5.41 Å². The van der Waals surface area contributed by atoms with E-state index in [9.17, 15) is 4.79 Å². The highest BCUT2D eigenvalue weighted by molar-refractivity contribution is 7.98. The molecule has 2 aromatic rings. The zero-order valence-electron chi connectivity index (χ0n) is 11.7. The number of amides is 1. The Morgan fingerprint density at radius 1 is 1.30 bits per heavy atom. The summed E-state index contributed by atoms with van der Waals surface area (Å²) in [4.78, 5) is 17.5. The molecule has 2 rings (SSSR count). The third-order valence-electron chi connectivity index (χ3n) is 3.67. The molecular weight excluding hydrogens is 268 g/mol. The number of nitrogens with zero attached hydrogens (tertiary/aromatic N) is 1. The SMILES string of the molecule is CCC(C(N)=O)(c1cccnc1)c1ccccc1SC. The number of thioether (sulfide) groups is 1. The maximum Gasteiger partial charge on any atom is 0.232 e. The van der Waals surface area contributed by atoms with Crippen LogP contribution in [-0.4, -0.2) is 17.1 Å². The van der Waals surface area contributed by atoms with Crippen molar-refractivity contribution >= 4 is 17.7 Å². The second-order valence-electron chi connectivity index (χ2n) is 4.57. The maximum atomic E-state index is 12.3. The summed E-state index contributed by atoms with van der Waals surface area (Å²) < 4.78 is 0. The Kier molecular flexibility index (Phi) is 4.45. The van der Waals surface area contributed by atoms with Gasteiger partial charge in [-0.3, -0.25) is 9.78 Å². The van der Waals surface area contributed by atoms with Crippen LogP contribution in [0.15, 0.2) is 53.7 Å². The Balaban J connectivity index is 2.73. The highest BCUT2D eigenvalue weighted by Crippen LogP contribution is 2.39. The molecule has 1 aromatic carbocycles. The van der Waals surface area contributed by atoms with Gasteiger partial charge in [0.2, 0.25) is 5.91 Å². The van der Waals surface area contributed by atoms with Crippen LogP contribution in [0.5, 0.6) is 0 Å². The summed E-state index contributed by atoms with van der Waals surface area (Å²) in [5.41, 5.74) is 6.77. The molecule has 0 aliphatic rings. The third-order valence-corrected chi connectivity index (χ3v) is 4.47. The number of hydrogen-bond donors (Lipinski definition) is 1. The lowest BCUT2D eigenvalue weighted by atomic mass is 9.72. The summed E-state index contributed by atoms with van der Waals surface area (Å²) in [6.45, 7) is 1.98. The molecule has 3 nitrogen and oxygen atoms in total. The summed E-state index contributed by atoms with van der Waals surface area (Å²) in [6, 6.07) is 11.7. The number of pyridine rings is 1. The molecule has 0 radical (unpaired) electrons. The Labute approximate surface area is 123 Å². The lowest BCUT2D eigenvalue weighted by molar-refractivity contribution is -0.122. The number of rotatable bonds is 5. The molecule has 1 amide bonds. The summed E-state index contributed by atoms with van der Waals surface area (Å²) >= 11 is 1.62. The quantitative estimate of drug-likeness (QED) is 0.860. The van der Waals surface area contributed by atoms with Crippen LogP contribution in [0, 0.1) is 0 Å². The minimum Gasteiger partial charge on any atom is -0.369 e. The first-order valence-corrected chi connectivity index (χ1v) is 7.73. The standard InChI is InChI=1S/C16H18N2OS/c1-3-16(15(17)19,12-7-6-10-18-11-12)13-8-4-5-9-14(13)20-2/h4-11H,3H2,1-2H3,(H2,17,19). The topological polar surface area (TPSA) is 56.0 Å². The second-order valence-corrected chi connectivity index (χ2v) is 5.41. The van der Waals surface area contributed by atoms with Gasteiger partial charge in [-0.25, -0.2) is 0 Å². The van der Waals surface area contributed by atoms with Gasteiger partial charge in [0, 0.05) is 17.3 Å². The molecule has 0 fully saturated rings. The molecule has 20 heavy (non-hydrogen) atoms. The fraction of sp³-hybridized carbons (Fsp3) is 0.250. The lowest BCUT2D eigenvalue weighted by Crippen LogP contribution is -2.42.